The molecule has 3 aromatic heterocycles. The Hall–Kier alpha value is -3.07. The fourth-order valence-electron chi connectivity index (χ4n) is 5.35. The molecule has 6 rings (SSSR count). The molecule has 1 aromatic carbocycles. The number of piperidine rings is 1. The molecular formula is C30H34N4O3S. The Morgan fingerprint density at radius 1 is 1.13 bits per heavy atom. The van der Waals surface area contributed by atoms with Gasteiger partial charge in [-0.3, -0.25) is 9.69 Å². The van der Waals surface area contributed by atoms with Crippen LogP contribution in [0.25, 0.3) is 11.0 Å². The molecule has 2 saturated heterocycles. The number of nitrogens with zero attached hydrogens (tertiary/aromatic N) is 4. The van der Waals surface area contributed by atoms with Gasteiger partial charge in [0.15, 0.2) is 5.78 Å². The molecule has 0 radical (unpaired) electrons. The Balaban J connectivity index is 1.08. The van der Waals surface area contributed by atoms with Crippen LogP contribution in [0, 0.1) is 6.92 Å². The van der Waals surface area contributed by atoms with E-state index < -0.39 is 0 Å². The van der Waals surface area contributed by atoms with Gasteiger partial charge in [-0.05, 0) is 76.0 Å². The molecule has 0 bridgehead atoms. The van der Waals surface area contributed by atoms with Crippen molar-refractivity contribution in [3.05, 3.63) is 75.4 Å². The van der Waals surface area contributed by atoms with E-state index in [-0.39, 0.29) is 5.78 Å². The van der Waals surface area contributed by atoms with Crippen molar-refractivity contribution in [1.82, 2.24) is 19.4 Å². The van der Waals surface area contributed by atoms with Gasteiger partial charge < -0.3 is 14.0 Å². The van der Waals surface area contributed by atoms with Gasteiger partial charge in [0.05, 0.1) is 30.2 Å². The van der Waals surface area contributed by atoms with Gasteiger partial charge in [0.25, 0.3) is 0 Å². The van der Waals surface area contributed by atoms with Gasteiger partial charge in [0, 0.05) is 40.1 Å². The third-order valence-electron chi connectivity index (χ3n) is 7.70. The molecule has 0 amide bonds. The second kappa shape index (κ2) is 11.0. The van der Waals surface area contributed by atoms with Crippen LogP contribution in [0.5, 0.6) is 5.88 Å². The first-order chi connectivity index (χ1) is 18.5. The number of aromatic nitrogens is 3. The number of hydrogen-bond acceptors (Lipinski definition) is 7. The lowest BCUT2D eigenvalue weighted by molar-refractivity contribution is -0.0592. The first-order valence-electron chi connectivity index (χ1n) is 13.5. The van der Waals surface area contributed by atoms with Crippen molar-refractivity contribution in [1.29, 1.82) is 0 Å². The van der Waals surface area contributed by atoms with Crippen LogP contribution in [0.15, 0.2) is 47.8 Å². The number of carbonyl (C=O) groups is 1. The Kier molecular flexibility index (Phi) is 7.28. The average Bonchev–Trinajstić information content (AvgIpc) is 3.50. The largest absolute Gasteiger partial charge is 0.472 e. The fourth-order valence-corrected chi connectivity index (χ4v) is 6.18. The van der Waals surface area contributed by atoms with Gasteiger partial charge >= 0.3 is 0 Å². The van der Waals surface area contributed by atoms with Crippen molar-refractivity contribution < 1.29 is 14.3 Å². The third kappa shape index (κ3) is 5.53. The van der Waals surface area contributed by atoms with Gasteiger partial charge in [-0.25, -0.2) is 9.97 Å². The van der Waals surface area contributed by atoms with Crippen LogP contribution in [-0.2, 0) is 24.4 Å². The van der Waals surface area contributed by atoms with E-state index >= 15 is 0 Å². The zero-order valence-electron chi connectivity index (χ0n) is 22.1. The number of ketones is 1. The zero-order chi connectivity index (χ0) is 26.1. The first kappa shape index (κ1) is 25.2. The summed E-state index contributed by atoms with van der Waals surface area (Å²) in [7, 11) is 0. The van der Waals surface area contributed by atoms with E-state index in [1.807, 2.05) is 23.6 Å². The number of thiophene rings is 1. The summed E-state index contributed by atoms with van der Waals surface area (Å²) in [4.78, 5) is 24.9. The topological polar surface area (TPSA) is 69.5 Å². The number of rotatable bonds is 9. The van der Waals surface area contributed by atoms with Crippen molar-refractivity contribution in [2.24, 2.45) is 0 Å². The Morgan fingerprint density at radius 3 is 2.71 bits per heavy atom. The zero-order valence-corrected chi connectivity index (χ0v) is 22.9. The molecule has 4 aromatic rings. The molecule has 7 nitrogen and oxygen atoms in total. The highest BCUT2D eigenvalue weighted by atomic mass is 32.1. The summed E-state index contributed by atoms with van der Waals surface area (Å²) in [5.74, 6) is 2.28. The van der Waals surface area contributed by atoms with Crippen LogP contribution in [0.1, 0.15) is 64.4 Å². The molecule has 0 N–H and O–H groups in total. The number of benzene rings is 1. The van der Waals surface area contributed by atoms with Gasteiger partial charge in [0.1, 0.15) is 12.4 Å². The van der Waals surface area contributed by atoms with Crippen LogP contribution >= 0.6 is 11.3 Å². The number of pyridine rings is 1. The van der Waals surface area contributed by atoms with Crippen molar-refractivity contribution >= 4 is 28.2 Å². The lowest BCUT2D eigenvalue weighted by Crippen LogP contribution is -2.35. The molecule has 0 spiro atoms. The normalized spacial score (nSPS) is 18.5. The molecule has 198 valence electrons. The lowest BCUT2D eigenvalue weighted by Gasteiger charge is -2.32. The van der Waals surface area contributed by atoms with Crippen molar-refractivity contribution in [3.63, 3.8) is 0 Å². The maximum atomic E-state index is 11.5. The monoisotopic (exact) mass is 530 g/mol. The number of Topliss-reactive ketones (excluding diaryl/α,β-unsaturated/α-hetero) is 1. The number of likely N-dealkylation sites (tertiary alicyclic amines) is 1. The molecular weight excluding hydrogens is 496 g/mol. The maximum Gasteiger partial charge on any atom is 0.213 e. The van der Waals surface area contributed by atoms with Crippen molar-refractivity contribution in [3.8, 4) is 5.88 Å². The van der Waals surface area contributed by atoms with E-state index in [2.05, 4.69) is 40.7 Å². The van der Waals surface area contributed by atoms with Gasteiger partial charge in [-0.15, -0.1) is 11.3 Å². The highest BCUT2D eigenvalue weighted by Gasteiger charge is 2.26. The minimum absolute atomic E-state index is 0.0821. The van der Waals surface area contributed by atoms with Crippen LogP contribution in [-0.4, -0.2) is 51.0 Å². The maximum absolute atomic E-state index is 11.5. The number of ether oxygens (including phenoxy) is 2. The standard InChI is InChI=1S/C30H34N4O3S/c1-20-6-7-27-28(14-20)34(16-24-10-13-36-24)29(31-27)17-33-11-8-22(9-12-33)26-4-3-5-30(32-26)37-18-25-15-23(19-38-25)21(2)35/h3-7,14-15,19,22,24H,8-13,16-18H2,1-2H3/t24-/m0/s1. The summed E-state index contributed by atoms with van der Waals surface area (Å²) in [5, 5.41) is 1.88. The van der Waals surface area contributed by atoms with Gasteiger partial charge in [-0.2, -0.15) is 0 Å². The molecule has 2 fully saturated rings. The van der Waals surface area contributed by atoms with E-state index in [1.54, 1.807) is 18.3 Å². The molecule has 0 aliphatic carbocycles. The van der Waals surface area contributed by atoms with Crippen LogP contribution < -0.4 is 4.74 Å². The molecule has 1 atom stereocenters. The summed E-state index contributed by atoms with van der Waals surface area (Å²) in [6.45, 7) is 8.79. The number of hydrogen-bond donors (Lipinski definition) is 0. The molecule has 0 unspecified atom stereocenters. The van der Waals surface area contributed by atoms with E-state index in [9.17, 15) is 4.79 Å². The molecule has 38 heavy (non-hydrogen) atoms. The van der Waals surface area contributed by atoms with Gasteiger partial charge in [-0.1, -0.05) is 12.1 Å². The molecule has 8 heteroatoms. The molecule has 2 aliphatic heterocycles. The number of aryl methyl sites for hydroxylation is 1. The van der Waals surface area contributed by atoms with Gasteiger partial charge in [0.2, 0.25) is 5.88 Å². The van der Waals surface area contributed by atoms with E-state index in [4.69, 9.17) is 19.4 Å². The second-order valence-electron chi connectivity index (χ2n) is 10.5. The summed E-state index contributed by atoms with van der Waals surface area (Å²) < 4.78 is 14.1. The SMILES string of the molecule is CC(=O)c1csc(COc2cccc(C3CCN(Cc4nc5ccc(C)cc5n4C[C@@H]4CCO4)CC3)n2)c1. The number of fused-ring (bicyclic) bond motifs is 1. The summed E-state index contributed by atoms with van der Waals surface area (Å²) in [5.41, 5.74) is 5.38. The molecule has 5 heterocycles. The second-order valence-corrected chi connectivity index (χ2v) is 11.5. The minimum Gasteiger partial charge on any atom is -0.472 e. The number of imidazole rings is 1. The Morgan fingerprint density at radius 2 is 1.97 bits per heavy atom. The molecule has 2 aliphatic rings. The highest BCUT2D eigenvalue weighted by Crippen LogP contribution is 2.30. The van der Waals surface area contributed by atoms with Crippen LogP contribution in [0.4, 0.5) is 0 Å². The van der Waals surface area contributed by atoms with Crippen LogP contribution in [0.2, 0.25) is 0 Å². The van der Waals surface area contributed by atoms with E-state index in [0.717, 1.165) is 79.5 Å². The summed E-state index contributed by atoms with van der Waals surface area (Å²) in [6.07, 6.45) is 3.55. The van der Waals surface area contributed by atoms with Crippen molar-refractivity contribution in [2.75, 3.05) is 19.7 Å². The van der Waals surface area contributed by atoms with E-state index in [0.29, 0.717) is 24.5 Å². The summed E-state index contributed by atoms with van der Waals surface area (Å²) in [6, 6.07) is 14.5. The van der Waals surface area contributed by atoms with Crippen LogP contribution in [0.3, 0.4) is 0 Å². The quantitative estimate of drug-likeness (QED) is 0.257. The average molecular weight is 531 g/mol. The van der Waals surface area contributed by atoms with E-state index in [1.165, 1.54) is 11.1 Å². The fraction of sp³-hybridized carbons (Fsp3) is 0.433. The van der Waals surface area contributed by atoms with Crippen molar-refractivity contribution in [2.45, 2.75) is 64.8 Å². The minimum atomic E-state index is 0.0821. The third-order valence-corrected chi connectivity index (χ3v) is 8.61. The predicted octanol–water partition coefficient (Wildman–Crippen LogP) is 5.75. The Bertz CT molecular complexity index is 1430. The summed E-state index contributed by atoms with van der Waals surface area (Å²) >= 11 is 1.55. The smallest absolute Gasteiger partial charge is 0.213 e. The highest BCUT2D eigenvalue weighted by molar-refractivity contribution is 7.10. The lowest BCUT2D eigenvalue weighted by atomic mass is 9.93. The first-order valence-corrected chi connectivity index (χ1v) is 14.4. The Labute approximate surface area is 227 Å². The molecule has 0 saturated carbocycles. The predicted molar refractivity (Wildman–Crippen MR) is 149 cm³/mol. The number of carbonyl (C=O) groups excluding carboxylic acids is 1.